The summed E-state index contributed by atoms with van der Waals surface area (Å²) in [5.41, 5.74) is 9.59. The Hall–Kier alpha value is -5.99. The summed E-state index contributed by atoms with van der Waals surface area (Å²) in [4.78, 5) is 25.0. The van der Waals surface area contributed by atoms with Crippen LogP contribution in [0.15, 0.2) is 158 Å². The monoisotopic (exact) mass is 747 g/mol. The predicted octanol–water partition coefficient (Wildman–Crippen LogP) is 11.4. The van der Waals surface area contributed by atoms with Crippen molar-refractivity contribution in [3.8, 4) is 39.9 Å². The van der Waals surface area contributed by atoms with Gasteiger partial charge in [0.1, 0.15) is 0 Å². The van der Waals surface area contributed by atoms with Gasteiger partial charge in [-0.2, -0.15) is 29.9 Å². The third-order valence-corrected chi connectivity index (χ3v) is 9.23. The SMILES string of the molecule is Clc1nc(-c2ccccc2)nc(-n2c3ccccc3c3ccccc32)n1.Clc1nc(Cl)nc(-c2ccccc2)n1.c1ccc2c(c1)Cc1ccccc1-2. The number of nitrogens with zero attached hydrogens (tertiary/aromatic N) is 7. The fourth-order valence-electron chi connectivity index (χ4n) is 6.42. The van der Waals surface area contributed by atoms with Crippen molar-refractivity contribution in [2.24, 2.45) is 0 Å². The van der Waals surface area contributed by atoms with E-state index in [0.717, 1.165) is 39.4 Å². The van der Waals surface area contributed by atoms with E-state index in [1.165, 1.54) is 22.3 Å². The minimum Gasteiger partial charge on any atom is -0.278 e. The number of hydrogen-bond acceptors (Lipinski definition) is 6. The van der Waals surface area contributed by atoms with E-state index in [-0.39, 0.29) is 15.9 Å². The Bertz CT molecular complexity index is 2580. The minimum absolute atomic E-state index is 0.101. The summed E-state index contributed by atoms with van der Waals surface area (Å²) < 4.78 is 2.03. The van der Waals surface area contributed by atoms with E-state index in [1.807, 2.05) is 89.5 Å². The molecule has 0 unspecified atom stereocenters. The van der Waals surface area contributed by atoms with Crippen LogP contribution in [-0.4, -0.2) is 34.5 Å². The number of halogens is 3. The maximum atomic E-state index is 6.24. The molecule has 0 fully saturated rings. The number of fused-ring (bicyclic) bond motifs is 6. The Kier molecular flexibility index (Phi) is 9.86. The van der Waals surface area contributed by atoms with Crippen LogP contribution < -0.4 is 0 Å². The summed E-state index contributed by atoms with van der Waals surface area (Å²) in [5.74, 6) is 1.55. The summed E-state index contributed by atoms with van der Waals surface area (Å²) in [6.45, 7) is 0. The lowest BCUT2D eigenvalue weighted by atomic mass is 10.1. The first-order valence-corrected chi connectivity index (χ1v) is 17.9. The standard InChI is InChI=1S/C21H13ClN4.C13H10.C9H5Cl2N3/c22-20-23-19(14-8-2-1-3-9-14)24-21(25-20)26-17-12-6-4-10-15(17)16-11-5-7-13-18(16)26;1-3-7-12-10(5-1)9-11-6-2-4-8-13(11)12;10-8-12-7(13-9(11)14-8)6-4-2-1-3-5-6/h1-13H;1-8H,9H2;1-5H. The van der Waals surface area contributed by atoms with Crippen LogP contribution in [0.25, 0.3) is 61.7 Å². The largest absolute Gasteiger partial charge is 0.278 e. The van der Waals surface area contributed by atoms with E-state index in [2.05, 4.69) is 97.7 Å². The van der Waals surface area contributed by atoms with E-state index >= 15 is 0 Å². The number of hydrogen-bond donors (Lipinski definition) is 0. The Morgan fingerprint density at radius 1 is 0.377 bits per heavy atom. The molecule has 0 aliphatic heterocycles. The summed E-state index contributed by atoms with van der Waals surface area (Å²) in [7, 11) is 0. The highest BCUT2D eigenvalue weighted by Gasteiger charge is 2.17. The highest BCUT2D eigenvalue weighted by atomic mass is 35.5. The molecule has 1 aliphatic carbocycles. The third-order valence-electron chi connectivity index (χ3n) is 8.73. The molecule has 0 amide bonds. The molecule has 0 N–H and O–H groups in total. The maximum absolute atomic E-state index is 6.24. The normalized spacial score (nSPS) is 11.2. The van der Waals surface area contributed by atoms with Gasteiger partial charge in [0.15, 0.2) is 11.6 Å². The van der Waals surface area contributed by atoms with Gasteiger partial charge in [-0.05, 0) is 75.6 Å². The molecule has 0 bridgehead atoms. The molecule has 256 valence electrons. The van der Waals surface area contributed by atoms with Crippen molar-refractivity contribution < 1.29 is 0 Å². The van der Waals surface area contributed by atoms with Crippen LogP contribution in [0, 0.1) is 0 Å². The number of benzene rings is 6. The van der Waals surface area contributed by atoms with Crippen molar-refractivity contribution in [1.29, 1.82) is 0 Å². The molecule has 7 nitrogen and oxygen atoms in total. The molecule has 10 rings (SSSR count). The smallest absolute Gasteiger partial charge is 0.239 e. The lowest BCUT2D eigenvalue weighted by Gasteiger charge is -2.08. The zero-order valence-electron chi connectivity index (χ0n) is 28.0. The van der Waals surface area contributed by atoms with Crippen LogP contribution in [0.2, 0.25) is 15.9 Å². The first-order chi connectivity index (χ1) is 26.0. The molecule has 53 heavy (non-hydrogen) atoms. The molecule has 0 saturated heterocycles. The van der Waals surface area contributed by atoms with Crippen LogP contribution in [0.4, 0.5) is 0 Å². The van der Waals surface area contributed by atoms with E-state index in [4.69, 9.17) is 39.8 Å². The zero-order valence-corrected chi connectivity index (χ0v) is 30.3. The average molecular weight is 749 g/mol. The third kappa shape index (κ3) is 7.36. The molecule has 3 aromatic heterocycles. The predicted molar refractivity (Wildman–Crippen MR) is 215 cm³/mol. The van der Waals surface area contributed by atoms with E-state index in [0.29, 0.717) is 17.6 Å². The van der Waals surface area contributed by atoms with Crippen molar-refractivity contribution in [1.82, 2.24) is 34.5 Å². The van der Waals surface area contributed by atoms with Crippen molar-refractivity contribution in [3.05, 3.63) is 185 Å². The van der Waals surface area contributed by atoms with Crippen molar-refractivity contribution in [2.45, 2.75) is 6.42 Å². The maximum Gasteiger partial charge on any atom is 0.239 e. The first-order valence-electron chi connectivity index (χ1n) is 16.8. The fraction of sp³-hybridized carbons (Fsp3) is 0.0233. The zero-order chi connectivity index (χ0) is 36.1. The molecular formula is C43H28Cl3N7. The molecule has 0 atom stereocenters. The Labute approximate surface area is 320 Å². The van der Waals surface area contributed by atoms with Crippen LogP contribution in [-0.2, 0) is 6.42 Å². The van der Waals surface area contributed by atoms with Gasteiger partial charge in [-0.3, -0.25) is 4.57 Å². The topological polar surface area (TPSA) is 82.3 Å². The van der Waals surface area contributed by atoms with Gasteiger partial charge < -0.3 is 0 Å². The van der Waals surface area contributed by atoms with E-state index in [9.17, 15) is 0 Å². The van der Waals surface area contributed by atoms with Crippen molar-refractivity contribution in [3.63, 3.8) is 0 Å². The van der Waals surface area contributed by atoms with Gasteiger partial charge in [0.2, 0.25) is 21.8 Å². The van der Waals surface area contributed by atoms with Gasteiger partial charge in [-0.25, -0.2) is 0 Å². The molecule has 0 radical (unpaired) electrons. The molecule has 0 saturated carbocycles. The summed E-state index contributed by atoms with van der Waals surface area (Å²) in [6, 6.07) is 53.0. The van der Waals surface area contributed by atoms with E-state index < -0.39 is 0 Å². The fourth-order valence-corrected chi connectivity index (χ4v) is 6.93. The van der Waals surface area contributed by atoms with E-state index in [1.54, 1.807) is 0 Å². The van der Waals surface area contributed by atoms with Gasteiger partial charge in [0.25, 0.3) is 0 Å². The molecule has 0 spiro atoms. The van der Waals surface area contributed by atoms with Gasteiger partial charge in [-0.1, -0.05) is 146 Å². The molecular weight excluding hydrogens is 721 g/mol. The highest BCUT2D eigenvalue weighted by Crippen LogP contribution is 2.36. The van der Waals surface area contributed by atoms with Gasteiger partial charge in [-0.15, -0.1) is 0 Å². The van der Waals surface area contributed by atoms with Crippen LogP contribution in [0.3, 0.4) is 0 Å². The summed E-state index contributed by atoms with van der Waals surface area (Å²) >= 11 is 17.6. The van der Waals surface area contributed by atoms with Crippen molar-refractivity contribution in [2.75, 3.05) is 0 Å². The lowest BCUT2D eigenvalue weighted by Crippen LogP contribution is -2.04. The van der Waals surface area contributed by atoms with Gasteiger partial charge in [0.05, 0.1) is 11.0 Å². The van der Waals surface area contributed by atoms with Crippen molar-refractivity contribution >= 4 is 56.6 Å². The number of rotatable bonds is 3. The number of para-hydroxylation sites is 2. The second kappa shape index (κ2) is 15.3. The average Bonchev–Trinajstić information content (AvgIpc) is 3.75. The lowest BCUT2D eigenvalue weighted by molar-refractivity contribution is 0.947. The Morgan fingerprint density at radius 2 is 0.774 bits per heavy atom. The number of aromatic nitrogens is 7. The second-order valence-corrected chi connectivity index (χ2v) is 13.0. The summed E-state index contributed by atoms with van der Waals surface area (Å²) in [5, 5.41) is 2.69. The second-order valence-electron chi connectivity index (χ2n) is 12.0. The van der Waals surface area contributed by atoms with Crippen LogP contribution in [0.1, 0.15) is 11.1 Å². The van der Waals surface area contributed by atoms with Gasteiger partial charge in [0, 0.05) is 21.9 Å². The molecule has 10 heteroatoms. The molecule has 1 aliphatic rings. The van der Waals surface area contributed by atoms with Crippen LogP contribution >= 0.6 is 34.8 Å². The minimum atomic E-state index is 0.101. The first kappa shape index (κ1) is 34.1. The quantitative estimate of drug-likeness (QED) is 0.179. The highest BCUT2D eigenvalue weighted by molar-refractivity contribution is 6.31. The molecule has 9 aromatic rings. The Morgan fingerprint density at radius 3 is 1.28 bits per heavy atom. The van der Waals surface area contributed by atoms with Crippen LogP contribution in [0.5, 0.6) is 0 Å². The molecule has 3 heterocycles. The van der Waals surface area contributed by atoms with Gasteiger partial charge >= 0.3 is 0 Å². The molecule has 6 aromatic carbocycles. The summed E-state index contributed by atoms with van der Waals surface area (Å²) in [6.07, 6.45) is 1.10. The Balaban J connectivity index is 0.000000125.